The molecule has 1 aromatic heterocycles. The molecule has 1 amide bonds. The Labute approximate surface area is 168 Å². The first kappa shape index (κ1) is 19.9. The summed E-state index contributed by atoms with van der Waals surface area (Å²) in [7, 11) is 1.62. The quantitative estimate of drug-likeness (QED) is 0.475. The Morgan fingerprint density at radius 3 is 2.59 bits per heavy atom. The van der Waals surface area contributed by atoms with Gasteiger partial charge in [-0.3, -0.25) is 4.79 Å². The van der Waals surface area contributed by atoms with E-state index in [1.165, 1.54) is 13.1 Å². The van der Waals surface area contributed by atoms with E-state index in [-0.39, 0.29) is 5.91 Å². The van der Waals surface area contributed by atoms with E-state index in [2.05, 4.69) is 31.1 Å². The molecule has 3 N–H and O–H groups in total. The average Bonchev–Trinajstić information content (AvgIpc) is 2.72. The third-order valence-corrected chi connectivity index (χ3v) is 3.73. The van der Waals surface area contributed by atoms with Crippen LogP contribution in [0.15, 0.2) is 54.7 Å². The minimum Gasteiger partial charge on any atom is -0.497 e. The average molecular weight is 394 g/mol. The van der Waals surface area contributed by atoms with Gasteiger partial charge in [-0.2, -0.15) is 10.1 Å². The summed E-state index contributed by atoms with van der Waals surface area (Å²) in [5.41, 5.74) is 1.42. The number of rotatable bonds is 9. The molecule has 0 spiro atoms. The zero-order valence-electron chi connectivity index (χ0n) is 16.2. The second-order valence-electron chi connectivity index (χ2n) is 6.00. The van der Waals surface area contributed by atoms with Gasteiger partial charge in [0.05, 0.1) is 19.9 Å². The van der Waals surface area contributed by atoms with E-state index < -0.39 is 0 Å². The number of carbonyl (C=O) groups is 1. The molecule has 0 fully saturated rings. The fourth-order valence-corrected chi connectivity index (χ4v) is 2.47. The number of hydrogen-bond donors (Lipinski definition) is 3. The summed E-state index contributed by atoms with van der Waals surface area (Å²) in [6.45, 7) is 2.46. The van der Waals surface area contributed by atoms with Gasteiger partial charge in [-0.15, -0.1) is 5.10 Å². The monoisotopic (exact) mass is 394 g/mol. The Bertz CT molecular complexity index is 949. The molecule has 150 valence electrons. The van der Waals surface area contributed by atoms with Crippen molar-refractivity contribution in [3.8, 4) is 11.5 Å². The van der Waals surface area contributed by atoms with Gasteiger partial charge in [0.2, 0.25) is 11.9 Å². The molecule has 3 aromatic rings. The third kappa shape index (κ3) is 6.35. The molecule has 1 heterocycles. The van der Waals surface area contributed by atoms with Gasteiger partial charge in [-0.1, -0.05) is 6.07 Å². The molecule has 0 aliphatic rings. The zero-order chi connectivity index (χ0) is 20.5. The Kier molecular flexibility index (Phi) is 6.77. The summed E-state index contributed by atoms with van der Waals surface area (Å²) >= 11 is 0. The van der Waals surface area contributed by atoms with Gasteiger partial charge >= 0.3 is 0 Å². The van der Waals surface area contributed by atoms with Crippen molar-refractivity contribution in [3.05, 3.63) is 54.7 Å². The molecule has 0 unspecified atom stereocenters. The van der Waals surface area contributed by atoms with Crippen LogP contribution in [0.4, 0.5) is 23.1 Å². The number of nitrogens with zero attached hydrogens (tertiary/aromatic N) is 3. The second-order valence-corrected chi connectivity index (χ2v) is 6.00. The van der Waals surface area contributed by atoms with Crippen molar-refractivity contribution < 1.29 is 14.3 Å². The van der Waals surface area contributed by atoms with Crippen molar-refractivity contribution in [1.29, 1.82) is 0 Å². The van der Waals surface area contributed by atoms with E-state index in [4.69, 9.17) is 9.47 Å². The molecule has 0 radical (unpaired) electrons. The smallest absolute Gasteiger partial charge is 0.249 e. The number of nitrogens with one attached hydrogen (secondary N) is 3. The molecule has 0 aliphatic carbocycles. The first-order valence-electron chi connectivity index (χ1n) is 8.97. The lowest BCUT2D eigenvalue weighted by molar-refractivity contribution is -0.114. The van der Waals surface area contributed by atoms with Gasteiger partial charge in [-0.25, -0.2) is 0 Å². The van der Waals surface area contributed by atoms with Crippen LogP contribution in [0.2, 0.25) is 0 Å². The highest BCUT2D eigenvalue weighted by atomic mass is 16.5. The standard InChI is InChI=1S/C20H22N6O3/c1-14(27)23-15-4-3-5-16(12-15)24-20-25-19(13-22-26-20)21-10-11-29-18-8-6-17(28-2)7-9-18/h3-9,12-13H,10-11H2,1-2H3,(H,23,27)(H2,21,24,25,26). The predicted molar refractivity (Wildman–Crippen MR) is 111 cm³/mol. The third-order valence-electron chi connectivity index (χ3n) is 3.73. The van der Waals surface area contributed by atoms with Crippen LogP contribution in [-0.2, 0) is 4.79 Å². The number of benzene rings is 2. The minimum atomic E-state index is -0.136. The van der Waals surface area contributed by atoms with E-state index in [0.717, 1.165) is 17.2 Å². The molecule has 0 saturated carbocycles. The zero-order valence-corrected chi connectivity index (χ0v) is 16.2. The van der Waals surface area contributed by atoms with Crippen molar-refractivity contribution in [2.75, 3.05) is 36.2 Å². The molecule has 29 heavy (non-hydrogen) atoms. The van der Waals surface area contributed by atoms with Gasteiger partial charge < -0.3 is 25.4 Å². The Morgan fingerprint density at radius 2 is 1.83 bits per heavy atom. The number of methoxy groups -OCH3 is 1. The van der Waals surface area contributed by atoms with Crippen LogP contribution in [0.5, 0.6) is 11.5 Å². The largest absolute Gasteiger partial charge is 0.497 e. The maximum atomic E-state index is 11.2. The van der Waals surface area contributed by atoms with Crippen LogP contribution in [0, 0.1) is 0 Å². The van der Waals surface area contributed by atoms with Gasteiger partial charge in [0, 0.05) is 18.3 Å². The van der Waals surface area contributed by atoms with Gasteiger partial charge in [0.15, 0.2) is 5.82 Å². The molecule has 0 saturated heterocycles. The van der Waals surface area contributed by atoms with E-state index in [1.807, 2.05) is 36.4 Å². The summed E-state index contributed by atoms with van der Waals surface area (Å²) in [5, 5.41) is 16.9. The molecule has 9 nitrogen and oxygen atoms in total. The molecule has 0 aliphatic heterocycles. The lowest BCUT2D eigenvalue weighted by atomic mass is 10.3. The van der Waals surface area contributed by atoms with E-state index in [9.17, 15) is 4.79 Å². The van der Waals surface area contributed by atoms with Crippen LogP contribution in [-0.4, -0.2) is 41.3 Å². The Hall–Kier alpha value is -3.88. The van der Waals surface area contributed by atoms with Gasteiger partial charge in [0.1, 0.15) is 18.1 Å². The van der Waals surface area contributed by atoms with Crippen molar-refractivity contribution in [2.45, 2.75) is 6.92 Å². The van der Waals surface area contributed by atoms with E-state index in [0.29, 0.717) is 30.6 Å². The minimum absolute atomic E-state index is 0.136. The number of anilines is 4. The maximum Gasteiger partial charge on any atom is 0.249 e. The number of aromatic nitrogens is 3. The van der Waals surface area contributed by atoms with Crippen molar-refractivity contribution in [3.63, 3.8) is 0 Å². The Morgan fingerprint density at radius 1 is 1.07 bits per heavy atom. The fourth-order valence-electron chi connectivity index (χ4n) is 2.47. The van der Waals surface area contributed by atoms with Crippen molar-refractivity contribution in [2.24, 2.45) is 0 Å². The van der Waals surface area contributed by atoms with E-state index >= 15 is 0 Å². The fraction of sp³-hybridized carbons (Fsp3) is 0.200. The van der Waals surface area contributed by atoms with Gasteiger partial charge in [0.25, 0.3) is 0 Å². The van der Waals surface area contributed by atoms with Crippen LogP contribution >= 0.6 is 0 Å². The number of ether oxygens (including phenoxy) is 2. The summed E-state index contributed by atoms with van der Waals surface area (Å²) in [6, 6.07) is 14.6. The molecular formula is C20H22N6O3. The summed E-state index contributed by atoms with van der Waals surface area (Å²) in [5.74, 6) is 2.31. The Balaban J connectivity index is 1.50. The number of hydrogen-bond acceptors (Lipinski definition) is 8. The highest BCUT2D eigenvalue weighted by Gasteiger charge is 2.03. The maximum absolute atomic E-state index is 11.2. The number of carbonyl (C=O) groups excluding carboxylic acids is 1. The normalized spacial score (nSPS) is 10.1. The van der Waals surface area contributed by atoms with Crippen molar-refractivity contribution >= 4 is 29.0 Å². The molecule has 0 bridgehead atoms. The van der Waals surface area contributed by atoms with Crippen molar-refractivity contribution in [1.82, 2.24) is 15.2 Å². The summed E-state index contributed by atoms with van der Waals surface area (Å²) in [4.78, 5) is 15.6. The number of amides is 1. The lowest BCUT2D eigenvalue weighted by Gasteiger charge is -2.10. The second kappa shape index (κ2) is 9.88. The molecule has 2 aromatic carbocycles. The first-order chi connectivity index (χ1) is 14.1. The molecule has 3 rings (SSSR count). The SMILES string of the molecule is COc1ccc(OCCNc2cnnc(Nc3cccc(NC(C)=O)c3)n2)cc1. The summed E-state index contributed by atoms with van der Waals surface area (Å²) < 4.78 is 10.8. The first-order valence-corrected chi connectivity index (χ1v) is 8.97. The summed E-state index contributed by atoms with van der Waals surface area (Å²) in [6.07, 6.45) is 1.53. The van der Waals surface area contributed by atoms with Crippen LogP contribution in [0.25, 0.3) is 0 Å². The topological polar surface area (TPSA) is 110 Å². The van der Waals surface area contributed by atoms with Crippen LogP contribution in [0.3, 0.4) is 0 Å². The predicted octanol–water partition coefficient (Wildman–Crippen LogP) is 3.07. The highest BCUT2D eigenvalue weighted by molar-refractivity contribution is 5.89. The molecule has 0 atom stereocenters. The van der Waals surface area contributed by atoms with Crippen LogP contribution < -0.4 is 25.4 Å². The van der Waals surface area contributed by atoms with E-state index in [1.54, 1.807) is 19.2 Å². The lowest BCUT2D eigenvalue weighted by Crippen LogP contribution is -2.13. The molecule has 9 heteroatoms. The molecular weight excluding hydrogens is 372 g/mol. The van der Waals surface area contributed by atoms with Gasteiger partial charge in [-0.05, 0) is 42.5 Å². The highest BCUT2D eigenvalue weighted by Crippen LogP contribution is 2.19. The van der Waals surface area contributed by atoms with Crippen LogP contribution in [0.1, 0.15) is 6.92 Å².